The lowest BCUT2D eigenvalue weighted by Gasteiger charge is -1.48. The Bertz CT molecular complexity index is 8.00. The molecule has 0 heterocycles. The summed E-state index contributed by atoms with van der Waals surface area (Å²) in [7, 11) is 0. The number of rotatable bonds is 0. The Morgan fingerprint density at radius 1 is 0.312 bits per heavy atom. The van der Waals surface area contributed by atoms with Gasteiger partial charge in [-0.3, -0.25) is 0 Å². The van der Waals surface area contributed by atoms with E-state index < -0.39 is 0 Å². The summed E-state index contributed by atoms with van der Waals surface area (Å²) in [5.74, 6) is 0. The second-order valence-corrected chi connectivity index (χ2v) is 2.83. The van der Waals surface area contributed by atoms with Gasteiger partial charge in [0.25, 0.3) is 0 Å². The standard InChI is InChI=1S/4C3H8.4CH4/c4*1-3-2;;;;/h4*3H2,1-2H3;4*1H4. The third-order valence-electron chi connectivity index (χ3n) is 0. The van der Waals surface area contributed by atoms with Gasteiger partial charge in [0.1, 0.15) is 0 Å². The van der Waals surface area contributed by atoms with E-state index in [0.717, 1.165) is 0 Å². The van der Waals surface area contributed by atoms with E-state index >= 15 is 0 Å². The molecule has 0 fully saturated rings. The molecule has 16 heavy (non-hydrogen) atoms. The monoisotopic (exact) mass is 240 g/mol. The highest BCUT2D eigenvalue weighted by Gasteiger charge is 1.36. The molecule has 0 amide bonds. The minimum absolute atomic E-state index is 0. The van der Waals surface area contributed by atoms with Crippen LogP contribution in [0.4, 0.5) is 0 Å². The van der Waals surface area contributed by atoms with Crippen LogP contribution in [0.2, 0.25) is 0 Å². The summed E-state index contributed by atoms with van der Waals surface area (Å²) in [5.41, 5.74) is 0. The summed E-state index contributed by atoms with van der Waals surface area (Å²) in [6, 6.07) is 0. The molecule has 0 spiro atoms. The third-order valence-corrected chi connectivity index (χ3v) is 0. The molecule has 0 bridgehead atoms. The van der Waals surface area contributed by atoms with Gasteiger partial charge in [-0.15, -0.1) is 0 Å². The van der Waals surface area contributed by atoms with E-state index in [0.29, 0.717) is 0 Å². The Morgan fingerprint density at radius 3 is 0.312 bits per heavy atom. The van der Waals surface area contributed by atoms with Gasteiger partial charge in [0, 0.05) is 0 Å². The SMILES string of the molecule is C.C.C.C.CCC.CCC.CCC.CCC. The van der Waals surface area contributed by atoms with Gasteiger partial charge in [-0.1, -0.05) is 111 Å². The van der Waals surface area contributed by atoms with Crippen LogP contribution in [0.15, 0.2) is 0 Å². The van der Waals surface area contributed by atoms with Crippen LogP contribution in [0.25, 0.3) is 0 Å². The smallest absolute Gasteiger partial charge is 0.0590 e. The fraction of sp³-hybridized carbons (Fsp3) is 1.00. The molecule has 0 N–H and O–H groups in total. The Kier molecular flexibility index (Phi) is 646. The van der Waals surface area contributed by atoms with E-state index in [1.54, 1.807) is 0 Å². The van der Waals surface area contributed by atoms with Gasteiger partial charge in [0.15, 0.2) is 0 Å². The lowest BCUT2D eigenvalue weighted by molar-refractivity contribution is 1.09. The Balaban J connectivity index is -0.00000000821. The van der Waals surface area contributed by atoms with Crippen molar-refractivity contribution in [2.24, 2.45) is 0 Å². The first-order valence-electron chi connectivity index (χ1n) is 5.66. The maximum Gasteiger partial charge on any atom is -0.0590 e. The van der Waals surface area contributed by atoms with Crippen molar-refractivity contribution in [3.63, 3.8) is 0 Å². The Morgan fingerprint density at radius 2 is 0.312 bits per heavy atom. The van der Waals surface area contributed by atoms with Crippen molar-refractivity contribution in [2.75, 3.05) is 0 Å². The summed E-state index contributed by atoms with van der Waals surface area (Å²) in [6.07, 6.45) is 5.00. The highest BCUT2D eigenvalue weighted by Crippen LogP contribution is 1.57. The van der Waals surface area contributed by atoms with E-state index in [4.69, 9.17) is 0 Å². The summed E-state index contributed by atoms with van der Waals surface area (Å²) in [6.45, 7) is 17.0. The summed E-state index contributed by atoms with van der Waals surface area (Å²) >= 11 is 0. The van der Waals surface area contributed by atoms with Gasteiger partial charge in [-0.2, -0.15) is 0 Å². The molecule has 0 heteroatoms. The van der Waals surface area contributed by atoms with Crippen molar-refractivity contribution in [1.82, 2.24) is 0 Å². The van der Waals surface area contributed by atoms with E-state index in [1.165, 1.54) is 25.7 Å². The predicted molar refractivity (Wildman–Crippen MR) is 90.8 cm³/mol. The molecule has 0 aromatic rings. The summed E-state index contributed by atoms with van der Waals surface area (Å²) < 4.78 is 0. The van der Waals surface area contributed by atoms with Crippen LogP contribution in [0.5, 0.6) is 0 Å². The van der Waals surface area contributed by atoms with Crippen molar-refractivity contribution in [3.05, 3.63) is 0 Å². The van der Waals surface area contributed by atoms with Crippen LogP contribution < -0.4 is 0 Å². The van der Waals surface area contributed by atoms with Crippen LogP contribution in [-0.4, -0.2) is 0 Å². The van der Waals surface area contributed by atoms with E-state index in [9.17, 15) is 0 Å². The maximum absolute atomic E-state index is 2.12. The van der Waals surface area contributed by atoms with Crippen molar-refractivity contribution >= 4 is 0 Å². The van der Waals surface area contributed by atoms with Crippen molar-refractivity contribution in [3.8, 4) is 0 Å². The first-order valence-corrected chi connectivity index (χ1v) is 5.66. The fourth-order valence-corrected chi connectivity index (χ4v) is 0. The fourth-order valence-electron chi connectivity index (χ4n) is 0. The molecule has 0 aliphatic carbocycles. The van der Waals surface area contributed by atoms with Gasteiger partial charge < -0.3 is 0 Å². The molecule has 0 radical (unpaired) electrons. The quantitative estimate of drug-likeness (QED) is 0.400. The second kappa shape index (κ2) is 184. The molecule has 0 aliphatic rings. The van der Waals surface area contributed by atoms with Crippen molar-refractivity contribution < 1.29 is 0 Å². The van der Waals surface area contributed by atoms with Gasteiger partial charge in [0.05, 0.1) is 0 Å². The topological polar surface area (TPSA) is 0 Å². The summed E-state index contributed by atoms with van der Waals surface area (Å²) in [4.78, 5) is 0. The molecule has 0 unspecified atom stereocenters. The van der Waals surface area contributed by atoms with Crippen molar-refractivity contribution in [2.45, 2.75) is 111 Å². The van der Waals surface area contributed by atoms with Crippen LogP contribution in [-0.2, 0) is 0 Å². The van der Waals surface area contributed by atoms with Crippen molar-refractivity contribution in [1.29, 1.82) is 0 Å². The number of hydrogen-bond acceptors (Lipinski definition) is 0. The average molecular weight is 241 g/mol. The van der Waals surface area contributed by atoms with Crippen LogP contribution in [0.3, 0.4) is 0 Å². The first kappa shape index (κ1) is 56.2. The largest absolute Gasteiger partial charge is 0.0776 e. The zero-order chi connectivity index (χ0) is 10.8. The zero-order valence-electron chi connectivity index (χ0n) is 10.8. The maximum atomic E-state index is 2.12. The van der Waals surface area contributed by atoms with E-state index in [2.05, 4.69) is 55.4 Å². The molecule has 0 atom stereocenters. The minimum Gasteiger partial charge on any atom is -0.0776 e. The van der Waals surface area contributed by atoms with E-state index in [1.807, 2.05) is 0 Å². The molecule has 0 saturated carbocycles. The third kappa shape index (κ3) is 0. The summed E-state index contributed by atoms with van der Waals surface area (Å²) in [5, 5.41) is 0. The zero-order valence-corrected chi connectivity index (χ0v) is 10.8. The molecular weight excluding hydrogens is 192 g/mol. The Labute approximate surface area is 111 Å². The highest BCUT2D eigenvalue weighted by molar-refractivity contribution is 3.93. The first-order chi connectivity index (χ1) is 5.66. The lowest BCUT2D eigenvalue weighted by Crippen LogP contribution is -1.27. The highest BCUT2D eigenvalue weighted by atomic mass is 13.4. The molecule has 0 nitrogen and oxygen atoms in total. The van der Waals surface area contributed by atoms with Crippen LogP contribution >= 0.6 is 0 Å². The molecule has 112 valence electrons. The number of hydrogen-bond donors (Lipinski definition) is 0. The molecule has 0 rings (SSSR count). The molecule has 0 saturated heterocycles. The normalized spacial score (nSPS) is 4.50. The van der Waals surface area contributed by atoms with Gasteiger partial charge >= 0.3 is 0 Å². The lowest BCUT2D eigenvalue weighted by atomic mass is 10.6. The van der Waals surface area contributed by atoms with E-state index in [-0.39, 0.29) is 29.7 Å². The molecular formula is C16H48. The predicted octanol–water partition coefficient (Wildman–Crippen LogP) is 8.21. The van der Waals surface area contributed by atoms with Gasteiger partial charge in [-0.25, -0.2) is 0 Å². The minimum atomic E-state index is 0. The molecule has 0 aliphatic heterocycles. The second-order valence-electron chi connectivity index (χ2n) is 2.83. The average Bonchev–Trinajstić information content (AvgIpc) is 1.92. The Hall–Kier alpha value is 0. The molecule has 0 aromatic carbocycles. The van der Waals surface area contributed by atoms with Crippen LogP contribution in [0, 0.1) is 0 Å². The van der Waals surface area contributed by atoms with Crippen LogP contribution in [0.1, 0.15) is 111 Å². The molecule has 0 aromatic heterocycles. The van der Waals surface area contributed by atoms with Gasteiger partial charge in [0.2, 0.25) is 0 Å². The van der Waals surface area contributed by atoms with Gasteiger partial charge in [-0.05, 0) is 0 Å².